The molecule has 0 saturated carbocycles. The molecule has 0 aromatic heterocycles. The van der Waals surface area contributed by atoms with Gasteiger partial charge in [0.1, 0.15) is 0 Å². The van der Waals surface area contributed by atoms with E-state index in [1.165, 1.54) is 10.8 Å². The molecule has 2 aromatic rings. The molecule has 2 nitrogen and oxygen atoms in total. The van der Waals surface area contributed by atoms with E-state index in [0.29, 0.717) is 6.54 Å². The molecule has 1 aliphatic heterocycles. The maximum atomic E-state index is 6.88. The van der Waals surface area contributed by atoms with Gasteiger partial charge in [-0.2, -0.15) is 0 Å². The van der Waals surface area contributed by atoms with Gasteiger partial charge in [-0.25, -0.2) is 6.57 Å². The Morgan fingerprint density at radius 3 is 2.78 bits per heavy atom. The normalized spacial score (nSPS) is 14.2. The maximum absolute atomic E-state index is 6.88. The number of hydrogen-bond acceptors (Lipinski definition) is 1. The zero-order chi connectivity index (χ0) is 12.4. The predicted octanol–water partition coefficient (Wildman–Crippen LogP) is 3.84. The van der Waals surface area contributed by atoms with E-state index < -0.39 is 0 Å². The lowest BCUT2D eigenvalue weighted by Gasteiger charge is -2.03. The van der Waals surface area contributed by atoms with Gasteiger partial charge in [0.2, 0.25) is 6.54 Å². The molecule has 0 saturated heterocycles. The van der Waals surface area contributed by atoms with Crippen molar-refractivity contribution in [2.45, 2.75) is 6.42 Å². The average molecular weight is 232 g/mol. The molecule has 0 atom stereocenters. The molecule has 86 valence electrons. The van der Waals surface area contributed by atoms with Gasteiger partial charge in [0.05, 0.1) is 5.71 Å². The van der Waals surface area contributed by atoms with E-state index in [9.17, 15) is 0 Å². The second-order valence-electron chi connectivity index (χ2n) is 4.42. The van der Waals surface area contributed by atoms with Crippen molar-refractivity contribution in [3.8, 4) is 0 Å². The Morgan fingerprint density at radius 1 is 1.11 bits per heavy atom. The second-order valence-corrected chi connectivity index (χ2v) is 4.42. The highest BCUT2D eigenvalue weighted by Gasteiger charge is 2.14. The van der Waals surface area contributed by atoms with Crippen molar-refractivity contribution in [1.82, 2.24) is 0 Å². The molecule has 0 fully saturated rings. The van der Waals surface area contributed by atoms with Crippen molar-refractivity contribution >= 4 is 16.5 Å². The largest absolute Gasteiger partial charge is 0.312 e. The lowest BCUT2D eigenvalue weighted by Crippen LogP contribution is -1.99. The standard InChI is InChI=1S/C16H12N2/c1-17-10-12-8-16(18-11-12)15-7-6-13-4-2-3-5-14(13)9-15/h2-7,9,11H,8,10H2. The minimum absolute atomic E-state index is 0.459. The van der Waals surface area contributed by atoms with E-state index in [-0.39, 0.29) is 0 Å². The van der Waals surface area contributed by atoms with Gasteiger partial charge < -0.3 is 4.85 Å². The van der Waals surface area contributed by atoms with Crippen LogP contribution in [0.3, 0.4) is 0 Å². The van der Waals surface area contributed by atoms with E-state index in [2.05, 4.69) is 40.2 Å². The average Bonchev–Trinajstić information content (AvgIpc) is 2.87. The summed E-state index contributed by atoms with van der Waals surface area (Å²) in [5.41, 5.74) is 3.33. The topological polar surface area (TPSA) is 16.7 Å². The van der Waals surface area contributed by atoms with E-state index in [1.807, 2.05) is 18.3 Å². The molecule has 0 spiro atoms. The molecule has 1 heterocycles. The maximum Gasteiger partial charge on any atom is 0.237 e. The molecule has 2 heteroatoms. The zero-order valence-corrected chi connectivity index (χ0v) is 9.93. The number of nitrogens with zero attached hydrogens (tertiary/aromatic N) is 2. The Balaban J connectivity index is 1.91. The van der Waals surface area contributed by atoms with E-state index >= 15 is 0 Å². The molecule has 0 bridgehead atoms. The summed E-state index contributed by atoms with van der Waals surface area (Å²) in [5.74, 6) is 0. The minimum atomic E-state index is 0.459. The van der Waals surface area contributed by atoms with Gasteiger partial charge in [-0.15, -0.1) is 0 Å². The van der Waals surface area contributed by atoms with Crippen LogP contribution in [0.25, 0.3) is 15.6 Å². The van der Waals surface area contributed by atoms with Crippen LogP contribution in [0.2, 0.25) is 0 Å². The zero-order valence-electron chi connectivity index (χ0n) is 9.93. The van der Waals surface area contributed by atoms with Crippen LogP contribution in [0.15, 0.2) is 59.2 Å². The number of aliphatic imine (C=N–C) groups is 1. The summed E-state index contributed by atoms with van der Waals surface area (Å²) in [6.07, 6.45) is 2.64. The molecule has 18 heavy (non-hydrogen) atoms. The van der Waals surface area contributed by atoms with Crippen LogP contribution in [0.1, 0.15) is 12.0 Å². The highest BCUT2D eigenvalue weighted by atomic mass is 14.8. The smallest absolute Gasteiger partial charge is 0.237 e. The molecule has 0 aliphatic carbocycles. The third-order valence-corrected chi connectivity index (χ3v) is 3.16. The number of benzene rings is 2. The molecule has 0 unspecified atom stereocenters. The van der Waals surface area contributed by atoms with Crippen LogP contribution in [0.4, 0.5) is 0 Å². The summed E-state index contributed by atoms with van der Waals surface area (Å²) in [5, 5.41) is 2.48. The first-order valence-corrected chi connectivity index (χ1v) is 5.94. The molecule has 1 aliphatic rings. The number of hydrogen-bond donors (Lipinski definition) is 0. The van der Waals surface area contributed by atoms with Gasteiger partial charge in [-0.1, -0.05) is 36.4 Å². The van der Waals surface area contributed by atoms with Crippen molar-refractivity contribution in [2.75, 3.05) is 6.54 Å². The first kappa shape index (κ1) is 10.7. The Bertz CT molecular complexity index is 702. The molecule has 3 rings (SSSR count). The predicted molar refractivity (Wildman–Crippen MR) is 74.7 cm³/mol. The fourth-order valence-electron chi connectivity index (χ4n) is 2.22. The van der Waals surface area contributed by atoms with Gasteiger partial charge in [0, 0.05) is 18.2 Å². The van der Waals surface area contributed by atoms with Crippen LogP contribution >= 0.6 is 0 Å². The third kappa shape index (κ3) is 1.91. The lowest BCUT2D eigenvalue weighted by atomic mass is 10.0. The summed E-state index contributed by atoms with van der Waals surface area (Å²) >= 11 is 0. The fraction of sp³-hybridized carbons (Fsp3) is 0.125. The van der Waals surface area contributed by atoms with Crippen LogP contribution < -0.4 is 0 Å². The van der Waals surface area contributed by atoms with Gasteiger partial charge >= 0.3 is 0 Å². The Morgan fingerprint density at radius 2 is 1.94 bits per heavy atom. The van der Waals surface area contributed by atoms with Gasteiger partial charge in [-0.3, -0.25) is 4.99 Å². The van der Waals surface area contributed by atoms with Crippen LogP contribution in [0, 0.1) is 6.57 Å². The molecular formula is C16H12N2. The van der Waals surface area contributed by atoms with Crippen LogP contribution in [-0.4, -0.2) is 12.3 Å². The first-order valence-electron chi connectivity index (χ1n) is 5.94. The summed E-state index contributed by atoms with van der Waals surface area (Å²) in [7, 11) is 0. The fourth-order valence-corrected chi connectivity index (χ4v) is 2.22. The lowest BCUT2D eigenvalue weighted by molar-refractivity contribution is 1.24. The Hall–Kier alpha value is -2.40. The van der Waals surface area contributed by atoms with E-state index in [0.717, 1.165) is 23.3 Å². The molecule has 0 amide bonds. The summed E-state index contributed by atoms with van der Waals surface area (Å²) < 4.78 is 0. The van der Waals surface area contributed by atoms with Crippen molar-refractivity contribution in [1.29, 1.82) is 0 Å². The molecule has 0 radical (unpaired) electrons. The van der Waals surface area contributed by atoms with Gasteiger partial charge in [0.15, 0.2) is 0 Å². The highest BCUT2D eigenvalue weighted by Crippen LogP contribution is 2.21. The highest BCUT2D eigenvalue weighted by molar-refractivity contribution is 6.06. The summed E-state index contributed by atoms with van der Waals surface area (Å²) in [4.78, 5) is 7.83. The Labute approximate surface area is 106 Å². The second kappa shape index (κ2) is 4.46. The van der Waals surface area contributed by atoms with Gasteiger partial charge in [-0.05, 0) is 22.4 Å². The molecular weight excluding hydrogens is 220 g/mol. The first-order chi connectivity index (χ1) is 8.86. The Kier molecular flexibility index (Phi) is 2.66. The minimum Gasteiger partial charge on any atom is -0.312 e. The molecule has 2 aromatic carbocycles. The summed E-state index contributed by atoms with van der Waals surface area (Å²) in [6.45, 7) is 7.34. The van der Waals surface area contributed by atoms with E-state index in [4.69, 9.17) is 6.57 Å². The van der Waals surface area contributed by atoms with Crippen molar-refractivity contribution < 1.29 is 0 Å². The number of fused-ring (bicyclic) bond motifs is 1. The van der Waals surface area contributed by atoms with Crippen molar-refractivity contribution in [3.05, 3.63) is 71.2 Å². The van der Waals surface area contributed by atoms with Crippen LogP contribution in [0.5, 0.6) is 0 Å². The summed E-state index contributed by atoms with van der Waals surface area (Å²) in [6, 6.07) is 14.7. The van der Waals surface area contributed by atoms with E-state index in [1.54, 1.807) is 0 Å². The monoisotopic (exact) mass is 232 g/mol. The van der Waals surface area contributed by atoms with Gasteiger partial charge in [0.25, 0.3) is 0 Å². The number of rotatable bonds is 2. The SMILES string of the molecule is [C-]#[N+]CC1=CN=C(c2ccc3ccccc3c2)C1. The molecule has 0 N–H and O–H groups in total. The quantitative estimate of drug-likeness (QED) is 0.700. The third-order valence-electron chi connectivity index (χ3n) is 3.16. The van der Waals surface area contributed by atoms with Crippen LogP contribution in [-0.2, 0) is 0 Å². The van der Waals surface area contributed by atoms with Crippen molar-refractivity contribution in [3.63, 3.8) is 0 Å². The van der Waals surface area contributed by atoms with Crippen molar-refractivity contribution in [2.24, 2.45) is 4.99 Å².